The van der Waals surface area contributed by atoms with Crippen molar-refractivity contribution in [1.29, 1.82) is 0 Å². The quantitative estimate of drug-likeness (QED) is 0.175. The predicted octanol–water partition coefficient (Wildman–Crippen LogP) is 11.3. The van der Waals surface area contributed by atoms with Crippen molar-refractivity contribution in [2.75, 3.05) is 7.05 Å². The minimum atomic E-state index is -0.202. The molecule has 232 valence electrons. The zero-order chi connectivity index (χ0) is 32.7. The summed E-state index contributed by atoms with van der Waals surface area (Å²) < 4.78 is 0. The zero-order valence-electron chi connectivity index (χ0n) is 27.2. The molecule has 1 atom stereocenters. The monoisotopic (exact) mass is 627 g/mol. The molecule has 49 heavy (non-hydrogen) atoms. The molecule has 8 aromatic rings. The first kappa shape index (κ1) is 28.9. The first-order valence-corrected chi connectivity index (χ1v) is 16.8. The summed E-state index contributed by atoms with van der Waals surface area (Å²) in [6.07, 6.45) is -0.202. The van der Waals surface area contributed by atoms with Gasteiger partial charge in [-0.05, 0) is 72.3 Å². The molecule has 1 aliphatic heterocycles. The van der Waals surface area contributed by atoms with Crippen molar-refractivity contribution >= 4 is 44.0 Å². The molecule has 0 amide bonds. The highest BCUT2D eigenvalue weighted by Crippen LogP contribution is 2.38. The fourth-order valence-electron chi connectivity index (χ4n) is 7.32. The molecule has 1 aliphatic rings. The highest BCUT2D eigenvalue weighted by molar-refractivity contribution is 6.25. The van der Waals surface area contributed by atoms with Crippen LogP contribution in [0.1, 0.15) is 22.9 Å². The number of hydrogen-bond acceptors (Lipinski definition) is 3. The highest BCUT2D eigenvalue weighted by Gasteiger charge is 2.27. The molecule has 0 radical (unpaired) electrons. The maximum absolute atomic E-state index is 5.29. The van der Waals surface area contributed by atoms with Gasteiger partial charge in [0, 0.05) is 18.2 Å². The van der Waals surface area contributed by atoms with Gasteiger partial charge in [-0.2, -0.15) is 0 Å². The summed E-state index contributed by atoms with van der Waals surface area (Å²) in [5, 5.41) is 7.69. The third-order valence-electron chi connectivity index (χ3n) is 9.71. The topological polar surface area (TPSA) is 28.0 Å². The van der Waals surface area contributed by atoms with E-state index < -0.39 is 0 Å². The lowest BCUT2D eigenvalue weighted by molar-refractivity contribution is 0.383. The van der Waals surface area contributed by atoms with Gasteiger partial charge in [-0.15, -0.1) is 0 Å². The van der Waals surface area contributed by atoms with E-state index in [0.29, 0.717) is 0 Å². The van der Waals surface area contributed by atoms with Gasteiger partial charge in [0.25, 0.3) is 0 Å². The van der Waals surface area contributed by atoms with E-state index in [9.17, 15) is 0 Å². The van der Waals surface area contributed by atoms with Gasteiger partial charge in [0.05, 0.1) is 0 Å². The van der Waals surface area contributed by atoms with Gasteiger partial charge in [-0.3, -0.25) is 0 Å². The standard InChI is InChI=1S/C46H33N3/c1-49-45(31-15-4-2-5-16-31)47-44(48-46(49)32-17-6-3-7-18-32)42-26-13-8-21-36(42)35-20-14-19-33(29-35)34-27-28-41-39-24-10-9-22-37(39)38-23-11-12-25-40(38)43(41)30-34/h2-30,45H,1H3. The van der Waals surface area contributed by atoms with Crippen molar-refractivity contribution in [1.82, 2.24) is 4.90 Å². The van der Waals surface area contributed by atoms with Gasteiger partial charge < -0.3 is 4.90 Å². The molecule has 1 unspecified atom stereocenters. The Bertz CT molecular complexity index is 2530. The SMILES string of the molecule is CN1C(c2ccccc2)=NC(c2ccccc2-c2cccc(-c3ccc4c5ccccc5c5ccccc5c4c3)c2)=NC1c1ccccc1. The molecular formula is C46H33N3. The molecule has 1 heterocycles. The van der Waals surface area contributed by atoms with Crippen LogP contribution in [0.5, 0.6) is 0 Å². The Labute approximate surface area is 286 Å². The Balaban J connectivity index is 1.18. The molecule has 0 N–H and O–H groups in total. The first-order chi connectivity index (χ1) is 24.2. The average Bonchev–Trinajstić information content (AvgIpc) is 3.18. The molecule has 8 aromatic carbocycles. The summed E-state index contributed by atoms with van der Waals surface area (Å²) in [6, 6.07) is 62.6. The highest BCUT2D eigenvalue weighted by atomic mass is 15.3. The van der Waals surface area contributed by atoms with Gasteiger partial charge in [-0.1, -0.05) is 164 Å². The summed E-state index contributed by atoms with van der Waals surface area (Å²) in [7, 11) is 2.08. The van der Waals surface area contributed by atoms with E-state index in [1.807, 2.05) is 12.1 Å². The predicted molar refractivity (Wildman–Crippen MR) is 206 cm³/mol. The van der Waals surface area contributed by atoms with Crippen LogP contribution in [-0.4, -0.2) is 23.6 Å². The maximum atomic E-state index is 5.29. The lowest BCUT2D eigenvalue weighted by Gasteiger charge is -2.32. The van der Waals surface area contributed by atoms with Crippen LogP contribution < -0.4 is 0 Å². The van der Waals surface area contributed by atoms with Gasteiger partial charge in [0.15, 0.2) is 5.84 Å². The lowest BCUT2D eigenvalue weighted by atomic mass is 9.91. The lowest BCUT2D eigenvalue weighted by Crippen LogP contribution is -2.35. The van der Waals surface area contributed by atoms with Crippen LogP contribution in [-0.2, 0) is 0 Å². The van der Waals surface area contributed by atoms with Crippen molar-refractivity contribution in [3.63, 3.8) is 0 Å². The van der Waals surface area contributed by atoms with Crippen LogP contribution in [0.3, 0.4) is 0 Å². The second kappa shape index (κ2) is 12.0. The molecule has 0 bridgehead atoms. The Morgan fingerprint density at radius 2 is 0.918 bits per heavy atom. The van der Waals surface area contributed by atoms with E-state index in [4.69, 9.17) is 9.98 Å². The zero-order valence-corrected chi connectivity index (χ0v) is 27.2. The van der Waals surface area contributed by atoms with E-state index in [-0.39, 0.29) is 6.17 Å². The Hall–Kier alpha value is -6.32. The number of benzene rings is 8. The smallest absolute Gasteiger partial charge is 0.160 e. The molecule has 3 nitrogen and oxygen atoms in total. The van der Waals surface area contributed by atoms with Crippen LogP contribution in [0.4, 0.5) is 0 Å². The van der Waals surface area contributed by atoms with E-state index >= 15 is 0 Å². The van der Waals surface area contributed by atoms with E-state index in [1.165, 1.54) is 43.4 Å². The van der Waals surface area contributed by atoms with Gasteiger partial charge in [0.2, 0.25) is 0 Å². The van der Waals surface area contributed by atoms with Crippen LogP contribution in [0.15, 0.2) is 186 Å². The fraction of sp³-hybridized carbons (Fsp3) is 0.0435. The van der Waals surface area contributed by atoms with E-state index in [2.05, 4.69) is 176 Å². The van der Waals surface area contributed by atoms with Gasteiger partial charge in [-0.25, -0.2) is 9.98 Å². The number of rotatable bonds is 5. The van der Waals surface area contributed by atoms with Crippen LogP contribution in [0.25, 0.3) is 54.6 Å². The molecular weight excluding hydrogens is 595 g/mol. The minimum absolute atomic E-state index is 0.202. The molecule has 0 aromatic heterocycles. The summed E-state index contributed by atoms with van der Waals surface area (Å²) in [4.78, 5) is 12.7. The molecule has 9 rings (SSSR count). The molecule has 0 saturated carbocycles. The molecule has 0 spiro atoms. The van der Waals surface area contributed by atoms with Gasteiger partial charge >= 0.3 is 0 Å². The average molecular weight is 628 g/mol. The van der Waals surface area contributed by atoms with Crippen LogP contribution >= 0.6 is 0 Å². The largest absolute Gasteiger partial charge is 0.333 e. The Morgan fingerprint density at radius 3 is 1.61 bits per heavy atom. The molecule has 0 fully saturated rings. The Kier molecular flexibility index (Phi) is 7.09. The van der Waals surface area contributed by atoms with Crippen molar-refractivity contribution < 1.29 is 0 Å². The van der Waals surface area contributed by atoms with Crippen LogP contribution in [0, 0.1) is 0 Å². The first-order valence-electron chi connectivity index (χ1n) is 16.8. The van der Waals surface area contributed by atoms with E-state index in [1.54, 1.807) is 0 Å². The van der Waals surface area contributed by atoms with Crippen molar-refractivity contribution in [2.45, 2.75) is 6.17 Å². The van der Waals surface area contributed by atoms with Gasteiger partial charge in [0.1, 0.15) is 12.0 Å². The maximum Gasteiger partial charge on any atom is 0.160 e. The molecule has 3 heteroatoms. The van der Waals surface area contributed by atoms with Crippen LogP contribution in [0.2, 0.25) is 0 Å². The van der Waals surface area contributed by atoms with E-state index in [0.717, 1.165) is 39.5 Å². The summed E-state index contributed by atoms with van der Waals surface area (Å²) >= 11 is 0. The number of amidine groups is 2. The second-order valence-corrected chi connectivity index (χ2v) is 12.6. The number of fused-ring (bicyclic) bond motifs is 6. The molecule has 0 saturated heterocycles. The summed E-state index contributed by atoms with van der Waals surface area (Å²) in [5.74, 6) is 1.63. The van der Waals surface area contributed by atoms with Crippen molar-refractivity contribution in [3.8, 4) is 22.3 Å². The number of hydrogen-bond donors (Lipinski definition) is 0. The second-order valence-electron chi connectivity index (χ2n) is 12.6. The summed E-state index contributed by atoms with van der Waals surface area (Å²) in [6.45, 7) is 0. The number of aliphatic imine (C=N–C) groups is 2. The molecule has 0 aliphatic carbocycles. The number of nitrogens with zero attached hydrogens (tertiary/aromatic N) is 3. The van der Waals surface area contributed by atoms with Crippen molar-refractivity contribution in [2.24, 2.45) is 9.98 Å². The summed E-state index contributed by atoms with van der Waals surface area (Å²) in [5.41, 5.74) is 7.80. The Morgan fingerprint density at radius 1 is 0.408 bits per heavy atom. The third-order valence-corrected chi connectivity index (χ3v) is 9.71. The van der Waals surface area contributed by atoms with Crippen molar-refractivity contribution in [3.05, 3.63) is 193 Å². The third kappa shape index (κ3) is 5.08. The minimum Gasteiger partial charge on any atom is -0.333 e. The normalized spacial score (nSPS) is 14.6. The fourth-order valence-corrected chi connectivity index (χ4v) is 7.32.